The van der Waals surface area contributed by atoms with Crippen LogP contribution in [-0.2, 0) is 0 Å². The third kappa shape index (κ3) is 1.57. The lowest BCUT2D eigenvalue weighted by Crippen LogP contribution is -2.45. The van der Waals surface area contributed by atoms with Crippen LogP contribution >= 0.6 is 11.6 Å². The predicted octanol–water partition coefficient (Wildman–Crippen LogP) is 1.62. The molecule has 5 heteroatoms. The van der Waals surface area contributed by atoms with Gasteiger partial charge in [0.2, 0.25) is 0 Å². The van der Waals surface area contributed by atoms with Gasteiger partial charge in [-0.05, 0) is 25.7 Å². The van der Waals surface area contributed by atoms with Gasteiger partial charge in [0.05, 0.1) is 12.3 Å². The quantitative estimate of drug-likeness (QED) is 0.809. The van der Waals surface area contributed by atoms with E-state index in [4.69, 9.17) is 11.6 Å². The average molecular weight is 240 g/mol. The molecule has 0 amide bonds. The molecule has 2 unspecified atom stereocenters. The summed E-state index contributed by atoms with van der Waals surface area (Å²) in [4.78, 5) is 10.4. The van der Waals surface area contributed by atoms with Crippen molar-refractivity contribution in [3.8, 4) is 0 Å². The highest BCUT2D eigenvalue weighted by molar-refractivity contribution is 6.32. The number of anilines is 1. The monoisotopic (exact) mass is 239 g/mol. The van der Waals surface area contributed by atoms with E-state index in [2.05, 4.69) is 14.9 Å². The summed E-state index contributed by atoms with van der Waals surface area (Å²) >= 11 is 6.12. The first-order chi connectivity index (χ1) is 7.75. The summed E-state index contributed by atoms with van der Waals surface area (Å²) in [5, 5.41) is 10.3. The maximum atomic E-state index is 9.73. The number of nitrogens with zero attached hydrogens (tertiary/aromatic N) is 3. The molecule has 86 valence electrons. The molecule has 0 spiro atoms. The largest absolute Gasteiger partial charge is 0.393 e. The Balaban J connectivity index is 1.94. The minimum Gasteiger partial charge on any atom is -0.393 e. The van der Waals surface area contributed by atoms with Crippen molar-refractivity contribution in [2.75, 3.05) is 4.90 Å². The zero-order valence-electron chi connectivity index (χ0n) is 8.88. The molecule has 16 heavy (non-hydrogen) atoms. The molecule has 1 aromatic heterocycles. The second-order valence-corrected chi connectivity index (χ2v) is 5.02. The first-order valence-electron chi connectivity index (χ1n) is 5.67. The zero-order valence-corrected chi connectivity index (χ0v) is 9.64. The summed E-state index contributed by atoms with van der Waals surface area (Å²) in [5.74, 6) is 0.830. The van der Waals surface area contributed by atoms with E-state index < -0.39 is 0 Å². The fourth-order valence-corrected chi connectivity index (χ4v) is 3.19. The molecule has 2 aliphatic rings. The van der Waals surface area contributed by atoms with Gasteiger partial charge in [0.25, 0.3) is 0 Å². The van der Waals surface area contributed by atoms with Crippen molar-refractivity contribution in [1.29, 1.82) is 0 Å². The van der Waals surface area contributed by atoms with E-state index in [9.17, 15) is 5.11 Å². The first-order valence-corrected chi connectivity index (χ1v) is 6.05. The van der Waals surface area contributed by atoms with Crippen molar-refractivity contribution in [1.82, 2.24) is 9.97 Å². The molecule has 1 N–H and O–H groups in total. The summed E-state index contributed by atoms with van der Waals surface area (Å²) in [6.45, 7) is 0. The summed E-state index contributed by atoms with van der Waals surface area (Å²) < 4.78 is 0. The SMILES string of the molecule is OC1CC2CCC(C1)N2c1ncncc1Cl. The van der Waals surface area contributed by atoms with E-state index in [1.54, 1.807) is 6.20 Å². The predicted molar refractivity (Wildman–Crippen MR) is 61.6 cm³/mol. The normalized spacial score (nSPS) is 33.1. The van der Waals surface area contributed by atoms with Crippen LogP contribution in [0.5, 0.6) is 0 Å². The lowest BCUT2D eigenvalue weighted by Gasteiger charge is -2.38. The molecule has 2 saturated heterocycles. The highest BCUT2D eigenvalue weighted by Crippen LogP contribution is 2.40. The standard InChI is InChI=1S/C11H14ClN3O/c12-10-5-13-6-14-11(10)15-7-1-2-8(15)4-9(16)3-7/h5-9,16H,1-4H2. The van der Waals surface area contributed by atoms with Crippen LogP contribution in [0.25, 0.3) is 0 Å². The Kier molecular flexibility index (Phi) is 2.48. The van der Waals surface area contributed by atoms with Gasteiger partial charge in [0.1, 0.15) is 11.3 Å². The number of piperidine rings is 1. The molecule has 3 rings (SSSR count). The molecular weight excluding hydrogens is 226 g/mol. The number of rotatable bonds is 1. The van der Waals surface area contributed by atoms with Crippen molar-refractivity contribution in [3.63, 3.8) is 0 Å². The smallest absolute Gasteiger partial charge is 0.151 e. The van der Waals surface area contributed by atoms with Crippen LogP contribution in [0.1, 0.15) is 25.7 Å². The van der Waals surface area contributed by atoms with Gasteiger partial charge in [0.15, 0.2) is 5.82 Å². The van der Waals surface area contributed by atoms with Gasteiger partial charge in [-0.2, -0.15) is 0 Å². The lowest BCUT2D eigenvalue weighted by atomic mass is 10.00. The van der Waals surface area contributed by atoms with Crippen LogP contribution < -0.4 is 4.90 Å². The summed E-state index contributed by atoms with van der Waals surface area (Å²) in [5.41, 5.74) is 0. The topological polar surface area (TPSA) is 49.2 Å². The molecular formula is C11H14ClN3O. The Hall–Kier alpha value is -0.870. The second kappa shape index (κ2) is 3.86. The Bertz CT molecular complexity index is 387. The second-order valence-electron chi connectivity index (χ2n) is 4.61. The minimum absolute atomic E-state index is 0.158. The van der Waals surface area contributed by atoms with E-state index in [1.807, 2.05) is 0 Å². The molecule has 0 radical (unpaired) electrons. The molecule has 1 aromatic rings. The Labute approximate surface area is 99.3 Å². The Morgan fingerprint density at radius 2 is 2.00 bits per heavy atom. The molecule has 3 heterocycles. The van der Waals surface area contributed by atoms with Crippen LogP contribution in [0.15, 0.2) is 12.5 Å². The number of hydrogen-bond donors (Lipinski definition) is 1. The van der Waals surface area contributed by atoms with Crippen LogP contribution in [-0.4, -0.2) is 33.3 Å². The first kappa shape index (κ1) is 10.3. The molecule has 2 aliphatic heterocycles. The van der Waals surface area contributed by atoms with Crippen molar-refractivity contribution in [2.45, 2.75) is 43.9 Å². The Morgan fingerprint density at radius 1 is 1.31 bits per heavy atom. The summed E-state index contributed by atoms with van der Waals surface area (Å²) in [6, 6.07) is 0.780. The molecule has 2 bridgehead atoms. The fourth-order valence-electron chi connectivity index (χ4n) is 2.99. The maximum Gasteiger partial charge on any atom is 0.151 e. The number of fused-ring (bicyclic) bond motifs is 2. The van der Waals surface area contributed by atoms with Gasteiger partial charge in [-0.1, -0.05) is 11.6 Å². The number of halogens is 1. The number of aliphatic hydroxyl groups excluding tert-OH is 1. The molecule has 2 fully saturated rings. The van der Waals surface area contributed by atoms with Crippen molar-refractivity contribution < 1.29 is 5.11 Å². The number of aromatic nitrogens is 2. The zero-order chi connectivity index (χ0) is 11.1. The lowest BCUT2D eigenvalue weighted by molar-refractivity contribution is 0.126. The van der Waals surface area contributed by atoms with Crippen molar-refractivity contribution in [3.05, 3.63) is 17.5 Å². The van der Waals surface area contributed by atoms with Crippen LogP contribution in [0.4, 0.5) is 5.82 Å². The van der Waals surface area contributed by atoms with Gasteiger partial charge in [-0.25, -0.2) is 9.97 Å². The number of hydrogen-bond acceptors (Lipinski definition) is 4. The maximum absolute atomic E-state index is 9.73. The van der Waals surface area contributed by atoms with Gasteiger partial charge < -0.3 is 10.0 Å². The summed E-state index contributed by atoms with van der Waals surface area (Å²) in [6.07, 6.45) is 6.92. The highest BCUT2D eigenvalue weighted by Gasteiger charge is 2.41. The molecule has 0 aliphatic carbocycles. The van der Waals surface area contributed by atoms with Gasteiger partial charge in [-0.15, -0.1) is 0 Å². The van der Waals surface area contributed by atoms with Gasteiger partial charge in [0, 0.05) is 12.1 Å². The van der Waals surface area contributed by atoms with E-state index in [0.717, 1.165) is 31.5 Å². The van der Waals surface area contributed by atoms with Gasteiger partial charge in [-0.3, -0.25) is 0 Å². The third-order valence-electron chi connectivity index (χ3n) is 3.60. The fraction of sp³-hybridized carbons (Fsp3) is 0.636. The highest BCUT2D eigenvalue weighted by atomic mass is 35.5. The number of aliphatic hydroxyl groups is 1. The molecule has 4 nitrogen and oxygen atoms in total. The molecule has 0 saturated carbocycles. The molecule has 0 aromatic carbocycles. The van der Waals surface area contributed by atoms with Crippen LogP contribution in [0.2, 0.25) is 5.02 Å². The van der Waals surface area contributed by atoms with Crippen molar-refractivity contribution in [2.24, 2.45) is 0 Å². The third-order valence-corrected chi connectivity index (χ3v) is 3.87. The summed E-state index contributed by atoms with van der Waals surface area (Å²) in [7, 11) is 0. The van der Waals surface area contributed by atoms with Crippen LogP contribution in [0.3, 0.4) is 0 Å². The van der Waals surface area contributed by atoms with E-state index in [0.29, 0.717) is 17.1 Å². The minimum atomic E-state index is -0.158. The van der Waals surface area contributed by atoms with Crippen LogP contribution in [0, 0.1) is 0 Å². The molecule has 2 atom stereocenters. The Morgan fingerprint density at radius 3 is 2.62 bits per heavy atom. The van der Waals surface area contributed by atoms with Gasteiger partial charge >= 0.3 is 0 Å². The van der Waals surface area contributed by atoms with Crippen molar-refractivity contribution >= 4 is 17.4 Å². The van der Waals surface area contributed by atoms with E-state index >= 15 is 0 Å². The van der Waals surface area contributed by atoms with E-state index in [-0.39, 0.29) is 6.10 Å². The average Bonchev–Trinajstić information content (AvgIpc) is 2.53. The van der Waals surface area contributed by atoms with E-state index in [1.165, 1.54) is 6.33 Å².